The molecule has 0 saturated heterocycles. The second kappa shape index (κ2) is 5.71. The van der Waals surface area contributed by atoms with Gasteiger partial charge in [-0.1, -0.05) is 0 Å². The van der Waals surface area contributed by atoms with Crippen LogP contribution in [0.3, 0.4) is 0 Å². The number of rotatable bonds is 5. The van der Waals surface area contributed by atoms with E-state index in [1.54, 1.807) is 0 Å². The zero-order valence-electron chi connectivity index (χ0n) is 11.7. The summed E-state index contributed by atoms with van der Waals surface area (Å²) in [5.74, 6) is 0. The normalized spacial score (nSPS) is 19.6. The number of carbonyl (C=O) groups excluding carboxylic acids is 1. The van der Waals surface area contributed by atoms with Gasteiger partial charge >= 0.3 is 6.09 Å². The maximum atomic E-state index is 11.5. The van der Waals surface area contributed by atoms with E-state index in [2.05, 4.69) is 17.6 Å². The topological polar surface area (TPSA) is 50.4 Å². The molecule has 0 heterocycles. The van der Waals surface area contributed by atoms with Gasteiger partial charge in [0.1, 0.15) is 5.60 Å². The van der Waals surface area contributed by atoms with Crippen LogP contribution in [0.1, 0.15) is 53.9 Å². The van der Waals surface area contributed by atoms with Crippen LogP contribution < -0.4 is 10.6 Å². The molecular formula is C13H26N2O2. The Morgan fingerprint density at radius 3 is 2.35 bits per heavy atom. The van der Waals surface area contributed by atoms with Crippen LogP contribution in [0.4, 0.5) is 4.79 Å². The van der Waals surface area contributed by atoms with Gasteiger partial charge in [0.05, 0.1) is 0 Å². The molecule has 1 aliphatic carbocycles. The van der Waals surface area contributed by atoms with Crippen LogP contribution in [-0.2, 0) is 4.74 Å². The lowest BCUT2D eigenvalue weighted by Crippen LogP contribution is -2.41. The third-order valence-corrected chi connectivity index (χ3v) is 2.57. The first-order chi connectivity index (χ1) is 7.76. The van der Waals surface area contributed by atoms with Gasteiger partial charge in [0.15, 0.2) is 0 Å². The van der Waals surface area contributed by atoms with Crippen LogP contribution in [-0.4, -0.2) is 29.8 Å². The highest BCUT2D eigenvalue weighted by Crippen LogP contribution is 2.20. The Hall–Kier alpha value is -0.770. The number of hydrogen-bond donors (Lipinski definition) is 2. The SMILES string of the molecule is C[C@H](C[C@H](C)NC1CC1)NC(=O)OC(C)(C)C. The van der Waals surface area contributed by atoms with Crippen molar-refractivity contribution >= 4 is 6.09 Å². The molecule has 2 N–H and O–H groups in total. The summed E-state index contributed by atoms with van der Waals surface area (Å²) in [6.07, 6.45) is 3.18. The van der Waals surface area contributed by atoms with E-state index in [-0.39, 0.29) is 12.1 Å². The van der Waals surface area contributed by atoms with Crippen molar-refractivity contribution in [2.24, 2.45) is 0 Å². The Bertz CT molecular complexity index is 257. The zero-order valence-corrected chi connectivity index (χ0v) is 11.7. The lowest BCUT2D eigenvalue weighted by atomic mass is 10.1. The van der Waals surface area contributed by atoms with Crippen LogP contribution in [0.25, 0.3) is 0 Å². The molecule has 1 rings (SSSR count). The monoisotopic (exact) mass is 242 g/mol. The summed E-state index contributed by atoms with van der Waals surface area (Å²) in [5.41, 5.74) is -0.429. The van der Waals surface area contributed by atoms with Gasteiger partial charge in [-0.2, -0.15) is 0 Å². The Morgan fingerprint density at radius 2 is 1.88 bits per heavy atom. The highest BCUT2D eigenvalue weighted by Gasteiger charge is 2.24. The number of carbonyl (C=O) groups is 1. The van der Waals surface area contributed by atoms with E-state index in [1.165, 1.54) is 12.8 Å². The average Bonchev–Trinajstić information content (AvgIpc) is 2.82. The fraction of sp³-hybridized carbons (Fsp3) is 0.923. The summed E-state index contributed by atoms with van der Waals surface area (Å²) < 4.78 is 5.21. The quantitative estimate of drug-likeness (QED) is 0.778. The molecule has 4 nitrogen and oxygen atoms in total. The molecule has 0 unspecified atom stereocenters. The number of hydrogen-bond acceptors (Lipinski definition) is 3. The molecule has 0 spiro atoms. The van der Waals surface area contributed by atoms with Gasteiger partial charge in [-0.15, -0.1) is 0 Å². The Morgan fingerprint density at radius 1 is 1.29 bits per heavy atom. The summed E-state index contributed by atoms with van der Waals surface area (Å²) >= 11 is 0. The second-order valence-electron chi connectivity index (χ2n) is 6.12. The molecule has 1 saturated carbocycles. The van der Waals surface area contributed by atoms with Crippen molar-refractivity contribution in [3.8, 4) is 0 Å². The first-order valence-electron chi connectivity index (χ1n) is 6.52. The van der Waals surface area contributed by atoms with E-state index in [0.717, 1.165) is 6.42 Å². The summed E-state index contributed by atoms with van der Waals surface area (Å²) in [5, 5.41) is 6.37. The summed E-state index contributed by atoms with van der Waals surface area (Å²) in [7, 11) is 0. The molecule has 2 atom stereocenters. The van der Waals surface area contributed by atoms with Crippen LogP contribution >= 0.6 is 0 Å². The van der Waals surface area contributed by atoms with Gasteiger partial charge in [-0.3, -0.25) is 0 Å². The van der Waals surface area contributed by atoms with E-state index >= 15 is 0 Å². The number of alkyl carbamates (subject to hydrolysis) is 1. The number of ether oxygens (including phenoxy) is 1. The second-order valence-corrected chi connectivity index (χ2v) is 6.12. The van der Waals surface area contributed by atoms with E-state index in [4.69, 9.17) is 4.74 Å². The van der Waals surface area contributed by atoms with Gasteiger partial charge in [-0.05, 0) is 53.9 Å². The minimum absolute atomic E-state index is 0.131. The predicted molar refractivity (Wildman–Crippen MR) is 69.1 cm³/mol. The average molecular weight is 242 g/mol. The van der Waals surface area contributed by atoms with Crippen LogP contribution in [0.2, 0.25) is 0 Å². The third-order valence-electron chi connectivity index (χ3n) is 2.57. The fourth-order valence-electron chi connectivity index (χ4n) is 1.82. The van der Waals surface area contributed by atoms with E-state index in [9.17, 15) is 4.79 Å². The molecule has 100 valence electrons. The molecule has 4 heteroatoms. The molecule has 0 aromatic heterocycles. The first kappa shape index (κ1) is 14.3. The number of nitrogens with one attached hydrogen (secondary N) is 2. The lowest BCUT2D eigenvalue weighted by molar-refractivity contribution is 0.0504. The van der Waals surface area contributed by atoms with Crippen molar-refractivity contribution in [2.75, 3.05) is 0 Å². The van der Waals surface area contributed by atoms with Crippen LogP contribution in [0.15, 0.2) is 0 Å². The molecule has 1 aliphatic rings. The van der Waals surface area contributed by atoms with Crippen LogP contribution in [0.5, 0.6) is 0 Å². The minimum Gasteiger partial charge on any atom is -0.444 e. The summed E-state index contributed by atoms with van der Waals surface area (Å²) in [6.45, 7) is 9.78. The molecular weight excluding hydrogens is 216 g/mol. The zero-order chi connectivity index (χ0) is 13.1. The highest BCUT2D eigenvalue weighted by molar-refractivity contribution is 5.68. The largest absolute Gasteiger partial charge is 0.444 e. The minimum atomic E-state index is -0.429. The molecule has 0 aliphatic heterocycles. The summed E-state index contributed by atoms with van der Waals surface area (Å²) in [4.78, 5) is 11.5. The van der Waals surface area contributed by atoms with Crippen molar-refractivity contribution < 1.29 is 9.53 Å². The molecule has 0 aromatic carbocycles. The standard InChI is InChI=1S/C13H26N2O2/c1-9(14-11-6-7-11)8-10(2)15-12(16)17-13(3,4)5/h9-11,14H,6-8H2,1-5H3,(H,15,16)/t9-,10+/m0/s1. The Balaban J connectivity index is 2.18. The smallest absolute Gasteiger partial charge is 0.407 e. The predicted octanol–water partition coefficient (Wildman–Crippen LogP) is 2.43. The van der Waals surface area contributed by atoms with E-state index < -0.39 is 5.60 Å². The van der Waals surface area contributed by atoms with Crippen LogP contribution in [0, 0.1) is 0 Å². The first-order valence-corrected chi connectivity index (χ1v) is 6.52. The molecule has 17 heavy (non-hydrogen) atoms. The van der Waals surface area contributed by atoms with Crippen molar-refractivity contribution in [3.63, 3.8) is 0 Å². The molecule has 1 fully saturated rings. The molecule has 0 aromatic rings. The fourth-order valence-corrected chi connectivity index (χ4v) is 1.82. The number of amides is 1. The third kappa shape index (κ3) is 7.21. The Labute approximate surface area is 104 Å². The van der Waals surface area contributed by atoms with E-state index in [0.29, 0.717) is 12.1 Å². The van der Waals surface area contributed by atoms with Crippen molar-refractivity contribution in [1.82, 2.24) is 10.6 Å². The molecule has 0 bridgehead atoms. The Kier molecular flexibility index (Phi) is 4.80. The molecule has 0 radical (unpaired) electrons. The van der Waals surface area contributed by atoms with Gasteiger partial charge < -0.3 is 15.4 Å². The maximum Gasteiger partial charge on any atom is 0.407 e. The van der Waals surface area contributed by atoms with Crippen molar-refractivity contribution in [3.05, 3.63) is 0 Å². The highest BCUT2D eigenvalue weighted by atomic mass is 16.6. The van der Waals surface area contributed by atoms with Gasteiger partial charge in [0.2, 0.25) is 0 Å². The maximum absolute atomic E-state index is 11.5. The summed E-state index contributed by atoms with van der Waals surface area (Å²) in [6, 6.07) is 1.28. The van der Waals surface area contributed by atoms with Gasteiger partial charge in [0.25, 0.3) is 0 Å². The molecule has 1 amide bonds. The van der Waals surface area contributed by atoms with E-state index in [1.807, 2.05) is 27.7 Å². The van der Waals surface area contributed by atoms with Gasteiger partial charge in [0, 0.05) is 18.1 Å². The van der Waals surface area contributed by atoms with Crippen molar-refractivity contribution in [2.45, 2.75) is 77.6 Å². The lowest BCUT2D eigenvalue weighted by Gasteiger charge is -2.23. The van der Waals surface area contributed by atoms with Gasteiger partial charge in [-0.25, -0.2) is 4.79 Å². The van der Waals surface area contributed by atoms with Crippen molar-refractivity contribution in [1.29, 1.82) is 0 Å².